The molecule has 1 saturated heterocycles. The lowest BCUT2D eigenvalue weighted by atomic mass is 10.2. The minimum absolute atomic E-state index is 0.0250. The minimum atomic E-state index is -0.0250. The van der Waals surface area contributed by atoms with E-state index in [9.17, 15) is 9.59 Å². The molecule has 2 aromatic rings. The summed E-state index contributed by atoms with van der Waals surface area (Å²) in [6, 6.07) is 4.05. The third kappa shape index (κ3) is 4.13. The van der Waals surface area contributed by atoms with Gasteiger partial charge < -0.3 is 9.80 Å². The first-order valence-electron chi connectivity index (χ1n) is 7.51. The van der Waals surface area contributed by atoms with Crippen molar-refractivity contribution in [2.75, 3.05) is 26.2 Å². The molecule has 1 aliphatic rings. The van der Waals surface area contributed by atoms with Crippen molar-refractivity contribution in [3.05, 3.63) is 28.7 Å². The predicted molar refractivity (Wildman–Crippen MR) is 83.6 cm³/mol. The van der Waals surface area contributed by atoms with Crippen LogP contribution in [0.4, 0.5) is 0 Å². The fraction of sp³-hybridized carbons (Fsp3) is 0.500. The smallest absolute Gasteiger partial charge is 0.244 e. The first-order chi connectivity index (χ1) is 11.2. The molecule has 0 N–H and O–H groups in total. The Hall–Kier alpha value is -2.29. The van der Waals surface area contributed by atoms with Gasteiger partial charge >= 0.3 is 0 Å². The van der Waals surface area contributed by atoms with Crippen LogP contribution in [-0.4, -0.2) is 68.0 Å². The van der Waals surface area contributed by atoms with Crippen molar-refractivity contribution >= 4 is 23.2 Å². The number of aryl methyl sites for hydroxylation is 1. The quantitative estimate of drug-likeness (QED) is 0.771. The zero-order valence-electron chi connectivity index (χ0n) is 12.7. The van der Waals surface area contributed by atoms with Gasteiger partial charge in [-0.25, -0.2) is 4.68 Å². The molecule has 0 aliphatic carbocycles. The number of nitrogens with zero attached hydrogens (tertiary/aromatic N) is 6. The van der Waals surface area contributed by atoms with E-state index in [0.717, 1.165) is 6.42 Å². The lowest BCUT2D eigenvalue weighted by Gasteiger charge is -2.34. The van der Waals surface area contributed by atoms with E-state index in [2.05, 4.69) is 15.5 Å². The molecule has 9 heteroatoms. The lowest BCUT2D eigenvalue weighted by molar-refractivity contribution is -0.140. The van der Waals surface area contributed by atoms with E-state index in [1.54, 1.807) is 16.2 Å². The van der Waals surface area contributed by atoms with E-state index in [0.29, 0.717) is 32.6 Å². The highest BCUT2D eigenvalue weighted by Crippen LogP contribution is 2.12. The predicted octanol–water partition coefficient (Wildman–Crippen LogP) is 0.0382. The Bertz CT molecular complexity index is 634. The molecule has 0 spiro atoms. The maximum atomic E-state index is 12.2. The Labute approximate surface area is 137 Å². The normalized spacial score (nSPS) is 15.0. The highest BCUT2D eigenvalue weighted by atomic mass is 32.1. The number of aromatic nitrogens is 4. The Morgan fingerprint density at radius 2 is 1.87 bits per heavy atom. The van der Waals surface area contributed by atoms with Gasteiger partial charge in [-0.3, -0.25) is 9.59 Å². The van der Waals surface area contributed by atoms with Gasteiger partial charge in [0.1, 0.15) is 12.9 Å². The van der Waals surface area contributed by atoms with Crippen molar-refractivity contribution in [3.63, 3.8) is 0 Å². The second-order valence-corrected chi connectivity index (χ2v) is 6.38. The molecular weight excluding hydrogens is 316 g/mol. The Kier molecular flexibility index (Phi) is 4.96. The van der Waals surface area contributed by atoms with Crippen molar-refractivity contribution in [2.45, 2.75) is 19.4 Å². The van der Waals surface area contributed by atoms with Gasteiger partial charge in [0.15, 0.2) is 0 Å². The standard InChI is InChI=1S/C14H18N6O2S/c21-13(4-3-12-2-1-9-23-12)18-5-7-19(8-6-18)14(22)10-20-11-15-16-17-20/h1-2,9,11H,3-8,10H2. The zero-order chi connectivity index (χ0) is 16.1. The van der Waals surface area contributed by atoms with Crippen molar-refractivity contribution in [1.29, 1.82) is 0 Å². The number of carbonyl (C=O) groups is 2. The maximum absolute atomic E-state index is 12.2. The zero-order valence-corrected chi connectivity index (χ0v) is 13.5. The molecule has 3 rings (SSSR count). The Balaban J connectivity index is 1.42. The van der Waals surface area contributed by atoms with Crippen LogP contribution < -0.4 is 0 Å². The van der Waals surface area contributed by atoms with Gasteiger partial charge in [-0.2, -0.15) is 0 Å². The van der Waals surface area contributed by atoms with E-state index >= 15 is 0 Å². The van der Waals surface area contributed by atoms with E-state index in [1.807, 2.05) is 22.4 Å². The summed E-state index contributed by atoms with van der Waals surface area (Å²) in [6.45, 7) is 2.44. The summed E-state index contributed by atoms with van der Waals surface area (Å²) >= 11 is 1.68. The fourth-order valence-electron chi connectivity index (χ4n) is 2.54. The molecule has 0 saturated carbocycles. The van der Waals surface area contributed by atoms with Crippen LogP contribution in [0, 0.1) is 0 Å². The second kappa shape index (κ2) is 7.32. The van der Waals surface area contributed by atoms with Gasteiger partial charge in [0, 0.05) is 37.5 Å². The summed E-state index contributed by atoms with van der Waals surface area (Å²) in [5.41, 5.74) is 0. The summed E-state index contributed by atoms with van der Waals surface area (Å²) in [7, 11) is 0. The van der Waals surface area contributed by atoms with Crippen LogP contribution in [0.2, 0.25) is 0 Å². The number of tetrazole rings is 1. The van der Waals surface area contributed by atoms with Crippen molar-refractivity contribution in [3.8, 4) is 0 Å². The molecule has 2 amide bonds. The van der Waals surface area contributed by atoms with Crippen LogP contribution in [0.25, 0.3) is 0 Å². The summed E-state index contributed by atoms with van der Waals surface area (Å²) in [5.74, 6) is 0.133. The monoisotopic (exact) mass is 334 g/mol. The molecule has 1 fully saturated rings. The number of rotatable bonds is 5. The lowest BCUT2D eigenvalue weighted by Crippen LogP contribution is -2.51. The molecule has 0 aromatic carbocycles. The van der Waals surface area contributed by atoms with Gasteiger partial charge in [0.05, 0.1) is 0 Å². The van der Waals surface area contributed by atoms with Crippen molar-refractivity contribution in [1.82, 2.24) is 30.0 Å². The van der Waals surface area contributed by atoms with Gasteiger partial charge in [-0.1, -0.05) is 6.07 Å². The van der Waals surface area contributed by atoms with E-state index < -0.39 is 0 Å². The SMILES string of the molecule is O=C(CCc1cccs1)N1CCN(C(=O)Cn2cnnn2)CC1. The number of hydrogen-bond donors (Lipinski definition) is 0. The summed E-state index contributed by atoms with van der Waals surface area (Å²) in [6.07, 6.45) is 2.73. The van der Waals surface area contributed by atoms with Gasteiger partial charge in [0.2, 0.25) is 11.8 Å². The molecule has 0 bridgehead atoms. The number of hydrogen-bond acceptors (Lipinski definition) is 6. The average Bonchev–Trinajstić information content (AvgIpc) is 3.26. The van der Waals surface area contributed by atoms with E-state index in [1.165, 1.54) is 15.9 Å². The minimum Gasteiger partial charge on any atom is -0.339 e. The molecule has 23 heavy (non-hydrogen) atoms. The van der Waals surface area contributed by atoms with Crippen molar-refractivity contribution < 1.29 is 9.59 Å². The molecule has 1 aliphatic heterocycles. The summed E-state index contributed by atoms with van der Waals surface area (Å²) in [4.78, 5) is 29.2. The molecule has 0 unspecified atom stereocenters. The average molecular weight is 334 g/mol. The van der Waals surface area contributed by atoms with Crippen LogP contribution in [0.5, 0.6) is 0 Å². The second-order valence-electron chi connectivity index (χ2n) is 5.35. The molecule has 0 atom stereocenters. The molecular formula is C14H18N6O2S. The van der Waals surface area contributed by atoms with Crippen LogP contribution >= 0.6 is 11.3 Å². The number of amides is 2. The highest BCUT2D eigenvalue weighted by molar-refractivity contribution is 7.09. The molecule has 8 nitrogen and oxygen atoms in total. The first kappa shape index (κ1) is 15.6. The van der Waals surface area contributed by atoms with Crippen LogP contribution in [0.15, 0.2) is 23.8 Å². The summed E-state index contributed by atoms with van der Waals surface area (Å²) in [5, 5.41) is 12.7. The van der Waals surface area contributed by atoms with Gasteiger partial charge in [0.25, 0.3) is 0 Å². The third-order valence-corrected chi connectivity index (χ3v) is 4.78. The summed E-state index contributed by atoms with van der Waals surface area (Å²) < 4.78 is 1.40. The van der Waals surface area contributed by atoms with Crippen LogP contribution in [-0.2, 0) is 22.6 Å². The number of thiophene rings is 1. The fourth-order valence-corrected chi connectivity index (χ4v) is 3.25. The maximum Gasteiger partial charge on any atom is 0.244 e. The van der Waals surface area contributed by atoms with Gasteiger partial charge in [-0.05, 0) is 28.3 Å². The van der Waals surface area contributed by atoms with Crippen LogP contribution in [0.3, 0.4) is 0 Å². The third-order valence-electron chi connectivity index (χ3n) is 3.84. The number of piperazine rings is 1. The topological polar surface area (TPSA) is 84.2 Å². The van der Waals surface area contributed by atoms with E-state index in [-0.39, 0.29) is 18.4 Å². The molecule has 122 valence electrons. The van der Waals surface area contributed by atoms with Crippen molar-refractivity contribution in [2.24, 2.45) is 0 Å². The number of carbonyl (C=O) groups excluding carboxylic acids is 2. The Morgan fingerprint density at radius 1 is 1.13 bits per heavy atom. The Morgan fingerprint density at radius 3 is 2.48 bits per heavy atom. The molecule has 2 aromatic heterocycles. The molecule has 0 radical (unpaired) electrons. The van der Waals surface area contributed by atoms with Crippen LogP contribution in [0.1, 0.15) is 11.3 Å². The first-order valence-corrected chi connectivity index (χ1v) is 8.39. The molecule has 3 heterocycles. The van der Waals surface area contributed by atoms with Gasteiger partial charge in [-0.15, -0.1) is 16.4 Å². The largest absolute Gasteiger partial charge is 0.339 e. The highest BCUT2D eigenvalue weighted by Gasteiger charge is 2.24. The van der Waals surface area contributed by atoms with E-state index in [4.69, 9.17) is 0 Å².